The van der Waals surface area contributed by atoms with Crippen LogP contribution in [0.4, 0.5) is 0 Å². The molecular formula is C99H64N10. The summed E-state index contributed by atoms with van der Waals surface area (Å²) in [7, 11) is 0. The van der Waals surface area contributed by atoms with Crippen LogP contribution in [0.25, 0.3) is 194 Å². The van der Waals surface area contributed by atoms with Crippen molar-refractivity contribution >= 4 is 87.1 Å². The largest absolute Gasteiger partial charge is 0.292 e. The van der Waals surface area contributed by atoms with Crippen molar-refractivity contribution in [3.05, 3.63) is 389 Å². The predicted molar refractivity (Wildman–Crippen MR) is 448 cm³/mol. The molecule has 0 aliphatic rings. The molecule has 510 valence electrons. The lowest BCUT2D eigenvalue weighted by Crippen LogP contribution is -1.97. The van der Waals surface area contributed by atoms with Crippen molar-refractivity contribution in [2.24, 2.45) is 0 Å². The topological polar surface area (TPSA) is 121 Å². The standard InChI is InChI=1S/C34H22N4.C33H21N3.C32H21N3/c1-2-6-30-29(5-1)31(20-27-4-3-15-37-34(27)30)24-9-7-23(8-10-24)28-21-32(25-11-16-35-17-12-25)38-33(22-28)26-13-18-36-19-14-26;1-2-9-23(10-3-1)32-33(36-30-15-7-6-14-29(30)35-32)24-18-16-22(17-19-24)28-21-25-11-8-20-34-31(25)27-13-5-4-12-26(27)28;1-2-10-25(11-3-1)35-30-15-7-6-14-29(30)34-32(35)23-18-16-22(17-19-23)28-21-24-9-8-20-33-31(24)27-13-5-4-12-26(27)28/h1-22H;1-21H;1-21H. The van der Waals surface area contributed by atoms with E-state index in [1.54, 1.807) is 24.8 Å². The Bertz CT molecular complexity index is 6880. The molecule has 13 aromatic carbocycles. The second kappa shape index (κ2) is 28.6. The smallest absolute Gasteiger partial charge is 0.145 e. The van der Waals surface area contributed by atoms with E-state index in [1.807, 2.05) is 116 Å². The lowest BCUT2D eigenvalue weighted by atomic mass is 9.93. The minimum atomic E-state index is 0.888. The molecular weight excluding hydrogens is 1330 g/mol. The van der Waals surface area contributed by atoms with Crippen molar-refractivity contribution in [1.82, 2.24) is 49.4 Å². The third-order valence-corrected chi connectivity index (χ3v) is 20.3. The van der Waals surface area contributed by atoms with Crippen LogP contribution in [0.3, 0.4) is 0 Å². The van der Waals surface area contributed by atoms with Crippen molar-refractivity contribution in [2.75, 3.05) is 0 Å². The molecule has 10 nitrogen and oxygen atoms in total. The van der Waals surface area contributed by atoms with Crippen LogP contribution in [0.15, 0.2) is 389 Å². The molecule has 0 spiro atoms. The summed E-state index contributed by atoms with van der Waals surface area (Å²) in [6.07, 6.45) is 12.8. The number of pyridine rings is 6. The summed E-state index contributed by atoms with van der Waals surface area (Å²) in [5.41, 5.74) is 26.3. The molecule has 0 aliphatic heterocycles. The number of benzene rings is 13. The minimum Gasteiger partial charge on any atom is -0.292 e. The first-order valence-electron chi connectivity index (χ1n) is 36.4. The summed E-state index contributed by atoms with van der Waals surface area (Å²) in [6, 6.07) is 120. The zero-order valence-corrected chi connectivity index (χ0v) is 58.9. The molecule has 0 N–H and O–H groups in total. The van der Waals surface area contributed by atoms with Crippen LogP contribution in [-0.2, 0) is 0 Å². The van der Waals surface area contributed by atoms with E-state index in [-0.39, 0.29) is 0 Å². The van der Waals surface area contributed by atoms with E-state index < -0.39 is 0 Å². The number of aromatic nitrogens is 10. The first-order valence-corrected chi connectivity index (χ1v) is 36.4. The van der Waals surface area contributed by atoms with Gasteiger partial charge in [-0.25, -0.2) is 19.9 Å². The van der Waals surface area contributed by atoms with Gasteiger partial charge >= 0.3 is 0 Å². The summed E-state index contributed by atoms with van der Waals surface area (Å²) in [5.74, 6) is 0.941. The van der Waals surface area contributed by atoms with Crippen LogP contribution in [-0.4, -0.2) is 49.4 Å². The minimum absolute atomic E-state index is 0.888. The first kappa shape index (κ1) is 64.9. The zero-order valence-electron chi connectivity index (χ0n) is 58.9. The Labute approximate surface area is 628 Å². The van der Waals surface area contributed by atoms with E-state index >= 15 is 0 Å². The SMILES string of the molecule is c1ccc(-c2nc3ccccc3nc2-c2ccc(-c3cc4cccnc4c4ccccc34)cc2)cc1.c1ccc(-n2c(-c3ccc(-c4cc5cccnc5c5ccccc45)cc3)nc3ccccc32)cc1.c1cnc2c(c1)cc(-c1ccc(-c3cc(-c4ccncc4)nc(-c4ccncc4)c3)cc1)c1ccccc12. The highest BCUT2D eigenvalue weighted by Gasteiger charge is 2.19. The fourth-order valence-electron chi connectivity index (χ4n) is 15.0. The van der Waals surface area contributed by atoms with Crippen molar-refractivity contribution in [3.8, 4) is 107 Å². The van der Waals surface area contributed by atoms with Crippen LogP contribution < -0.4 is 0 Å². The van der Waals surface area contributed by atoms with E-state index in [1.165, 1.54) is 60.1 Å². The van der Waals surface area contributed by atoms with E-state index in [4.69, 9.17) is 19.9 Å². The summed E-state index contributed by atoms with van der Waals surface area (Å²) in [6.45, 7) is 0. The lowest BCUT2D eigenvalue weighted by Gasteiger charge is -2.13. The first-order chi connectivity index (χ1) is 54.0. The fourth-order valence-corrected chi connectivity index (χ4v) is 15.0. The summed E-state index contributed by atoms with van der Waals surface area (Å²) < 4.78 is 2.24. The molecule has 0 atom stereocenters. The molecule has 0 unspecified atom stereocenters. The van der Waals surface area contributed by atoms with E-state index in [0.29, 0.717) is 0 Å². The zero-order chi connectivity index (χ0) is 72.4. The van der Waals surface area contributed by atoms with Gasteiger partial charge in [-0.05, 0) is 170 Å². The number of hydrogen-bond acceptors (Lipinski definition) is 9. The molecule has 21 aromatic rings. The maximum atomic E-state index is 5.04. The molecule has 21 rings (SSSR count). The van der Waals surface area contributed by atoms with Crippen molar-refractivity contribution in [1.29, 1.82) is 0 Å². The summed E-state index contributed by atoms with van der Waals surface area (Å²) >= 11 is 0. The molecule has 0 radical (unpaired) electrons. The van der Waals surface area contributed by atoms with Crippen LogP contribution in [0.1, 0.15) is 0 Å². The maximum Gasteiger partial charge on any atom is 0.145 e. The number of hydrogen-bond donors (Lipinski definition) is 0. The summed E-state index contributed by atoms with van der Waals surface area (Å²) in [5, 5.41) is 10.6. The average Bonchev–Trinajstić information content (AvgIpc) is 1.22. The molecule has 109 heavy (non-hydrogen) atoms. The van der Waals surface area contributed by atoms with E-state index in [2.05, 4.69) is 278 Å². The predicted octanol–water partition coefficient (Wildman–Crippen LogP) is 24.6. The lowest BCUT2D eigenvalue weighted by molar-refractivity contribution is 1.10. The highest BCUT2D eigenvalue weighted by Crippen LogP contribution is 2.41. The Balaban J connectivity index is 0.000000111. The Kier molecular flexibility index (Phi) is 17.1. The van der Waals surface area contributed by atoms with Gasteiger partial charge in [-0.3, -0.25) is 29.5 Å². The highest BCUT2D eigenvalue weighted by molar-refractivity contribution is 6.14. The Morgan fingerprint density at radius 3 is 1.02 bits per heavy atom. The number of imidazole rings is 1. The van der Waals surface area contributed by atoms with Crippen LogP contribution >= 0.6 is 0 Å². The summed E-state index contributed by atoms with van der Waals surface area (Å²) in [4.78, 5) is 42.3. The second-order valence-electron chi connectivity index (χ2n) is 26.8. The van der Waals surface area contributed by atoms with Gasteiger partial charge in [0.2, 0.25) is 0 Å². The molecule has 0 bridgehead atoms. The molecule has 10 heteroatoms. The van der Waals surface area contributed by atoms with E-state index in [0.717, 1.165) is 134 Å². The van der Waals surface area contributed by atoms with E-state index in [9.17, 15) is 0 Å². The number of rotatable bonds is 10. The Hall–Kier alpha value is -14.9. The highest BCUT2D eigenvalue weighted by atomic mass is 15.1. The van der Waals surface area contributed by atoms with Crippen LogP contribution in [0, 0.1) is 0 Å². The molecule has 0 aliphatic carbocycles. The molecule has 8 aromatic heterocycles. The van der Waals surface area contributed by atoms with Gasteiger partial charge in [-0.15, -0.1) is 0 Å². The fraction of sp³-hybridized carbons (Fsp3) is 0. The third kappa shape index (κ3) is 12.7. The Morgan fingerprint density at radius 1 is 0.211 bits per heavy atom. The molecule has 0 saturated carbocycles. The maximum absolute atomic E-state index is 5.04. The van der Waals surface area contributed by atoms with Crippen molar-refractivity contribution < 1.29 is 0 Å². The van der Waals surface area contributed by atoms with Gasteiger partial charge in [-0.2, -0.15) is 0 Å². The number of fused-ring (bicyclic) bond motifs is 11. The quantitative estimate of drug-likeness (QED) is 0.123. The van der Waals surface area contributed by atoms with Crippen LogP contribution in [0.5, 0.6) is 0 Å². The molecule has 0 saturated heterocycles. The van der Waals surface area contributed by atoms with Crippen molar-refractivity contribution in [3.63, 3.8) is 0 Å². The van der Waals surface area contributed by atoms with Gasteiger partial charge in [0.05, 0.1) is 61.4 Å². The third-order valence-electron chi connectivity index (χ3n) is 20.3. The van der Waals surface area contributed by atoms with Gasteiger partial charge in [0, 0.05) is 109 Å². The van der Waals surface area contributed by atoms with Gasteiger partial charge in [0.25, 0.3) is 0 Å². The molecule has 8 heterocycles. The molecule has 0 fully saturated rings. The number of nitrogens with zero attached hydrogens (tertiary/aromatic N) is 10. The van der Waals surface area contributed by atoms with Gasteiger partial charge < -0.3 is 0 Å². The number of para-hydroxylation sites is 5. The second-order valence-corrected chi connectivity index (χ2v) is 26.8. The molecule has 0 amide bonds. The van der Waals surface area contributed by atoms with Gasteiger partial charge in [0.1, 0.15) is 5.82 Å². The van der Waals surface area contributed by atoms with Crippen LogP contribution in [0.2, 0.25) is 0 Å². The monoisotopic (exact) mass is 1390 g/mol. The average molecular weight is 1390 g/mol. The normalized spacial score (nSPS) is 11.3. The van der Waals surface area contributed by atoms with Gasteiger partial charge in [0.15, 0.2) is 0 Å². The van der Waals surface area contributed by atoms with Gasteiger partial charge in [-0.1, -0.05) is 237 Å². The Morgan fingerprint density at radius 2 is 0.569 bits per heavy atom. The van der Waals surface area contributed by atoms with Crippen molar-refractivity contribution in [2.45, 2.75) is 0 Å².